The number of allylic oxidation sites excluding steroid dienone is 2. The van der Waals surface area contributed by atoms with E-state index in [1.807, 2.05) is 12.2 Å². The van der Waals surface area contributed by atoms with Gasteiger partial charge < -0.3 is 5.32 Å². The van der Waals surface area contributed by atoms with Gasteiger partial charge in [0.25, 0.3) is 0 Å². The molecule has 3 aliphatic rings. The van der Waals surface area contributed by atoms with Gasteiger partial charge in [0.1, 0.15) is 6.04 Å². The summed E-state index contributed by atoms with van der Waals surface area (Å²) >= 11 is 9.32. The summed E-state index contributed by atoms with van der Waals surface area (Å²) in [6, 6.07) is 4.19. The van der Waals surface area contributed by atoms with Crippen molar-refractivity contribution < 1.29 is 14.4 Å². The number of hydrogen-bond donors (Lipinski definition) is 1. The van der Waals surface area contributed by atoms with Crippen LogP contribution in [0.2, 0.25) is 5.02 Å². The van der Waals surface area contributed by atoms with Crippen molar-refractivity contribution >= 4 is 50.9 Å². The third kappa shape index (κ3) is 2.54. The molecule has 5 nitrogen and oxygen atoms in total. The maximum atomic E-state index is 12.7. The monoisotopic (exact) mass is 422 g/mol. The van der Waals surface area contributed by atoms with Gasteiger partial charge in [0.2, 0.25) is 17.7 Å². The lowest BCUT2D eigenvalue weighted by Crippen LogP contribution is -2.46. The summed E-state index contributed by atoms with van der Waals surface area (Å²) in [5.74, 6) is -1.15. The summed E-state index contributed by atoms with van der Waals surface area (Å²) in [6.07, 6.45) is 4.95. The number of likely N-dealkylation sites (tertiary alicyclic amines) is 1. The number of benzene rings is 1. The summed E-state index contributed by atoms with van der Waals surface area (Å²) in [6.45, 7) is 1.59. The number of halogens is 2. The number of anilines is 1. The lowest BCUT2D eigenvalue weighted by molar-refractivity contribution is -0.146. The molecule has 0 aromatic heterocycles. The predicted octanol–water partition coefficient (Wildman–Crippen LogP) is 3.24. The van der Waals surface area contributed by atoms with Gasteiger partial charge in [-0.2, -0.15) is 0 Å². The van der Waals surface area contributed by atoms with E-state index in [2.05, 4.69) is 21.2 Å². The molecule has 5 atom stereocenters. The van der Waals surface area contributed by atoms with Crippen LogP contribution in [-0.4, -0.2) is 28.7 Å². The topological polar surface area (TPSA) is 66.5 Å². The van der Waals surface area contributed by atoms with Crippen molar-refractivity contribution in [2.24, 2.45) is 23.7 Å². The fourth-order valence-corrected chi connectivity index (χ4v) is 4.67. The second-order valence-corrected chi connectivity index (χ2v) is 8.10. The van der Waals surface area contributed by atoms with Crippen molar-refractivity contribution in [3.63, 3.8) is 0 Å². The van der Waals surface area contributed by atoms with Gasteiger partial charge in [0.15, 0.2) is 0 Å². The highest BCUT2D eigenvalue weighted by atomic mass is 79.9. The summed E-state index contributed by atoms with van der Waals surface area (Å²) in [4.78, 5) is 39.2. The molecule has 2 fully saturated rings. The molecular formula is C18H16BrClN2O3. The minimum Gasteiger partial charge on any atom is -0.324 e. The van der Waals surface area contributed by atoms with Crippen molar-refractivity contribution in [1.82, 2.24) is 4.90 Å². The van der Waals surface area contributed by atoms with Crippen molar-refractivity contribution in [2.45, 2.75) is 19.4 Å². The molecule has 1 aromatic carbocycles. The Morgan fingerprint density at radius 2 is 1.84 bits per heavy atom. The van der Waals surface area contributed by atoms with E-state index in [1.165, 1.54) is 0 Å². The van der Waals surface area contributed by atoms with Gasteiger partial charge >= 0.3 is 0 Å². The summed E-state index contributed by atoms with van der Waals surface area (Å²) < 4.78 is 0.723. The lowest BCUT2D eigenvalue weighted by Gasteiger charge is -2.23. The van der Waals surface area contributed by atoms with E-state index in [0.29, 0.717) is 10.7 Å². The van der Waals surface area contributed by atoms with Crippen LogP contribution in [-0.2, 0) is 14.4 Å². The second-order valence-electron chi connectivity index (χ2n) is 6.84. The quantitative estimate of drug-likeness (QED) is 0.599. The van der Waals surface area contributed by atoms with Crippen LogP contribution in [0.25, 0.3) is 0 Å². The van der Waals surface area contributed by atoms with Crippen LogP contribution in [0.15, 0.2) is 34.8 Å². The summed E-state index contributed by atoms with van der Waals surface area (Å²) in [5.41, 5.74) is 0.520. The fourth-order valence-electron chi connectivity index (χ4n) is 4.24. The number of nitrogens with one attached hydrogen (secondary N) is 1. The average Bonchev–Trinajstić information content (AvgIpc) is 3.24. The van der Waals surface area contributed by atoms with Gasteiger partial charge in [0, 0.05) is 10.2 Å². The Balaban J connectivity index is 1.52. The number of amides is 3. The molecule has 7 heteroatoms. The number of carbonyl (C=O) groups is 3. The van der Waals surface area contributed by atoms with E-state index in [4.69, 9.17) is 11.6 Å². The lowest BCUT2D eigenvalue weighted by atomic mass is 9.85. The first kappa shape index (κ1) is 16.8. The zero-order valence-corrected chi connectivity index (χ0v) is 15.8. The van der Waals surface area contributed by atoms with Crippen molar-refractivity contribution in [2.75, 3.05) is 5.32 Å². The first-order valence-corrected chi connectivity index (χ1v) is 9.36. The number of rotatable bonds is 3. The van der Waals surface area contributed by atoms with Crippen LogP contribution in [0.5, 0.6) is 0 Å². The minimum atomic E-state index is -0.854. The predicted molar refractivity (Wildman–Crippen MR) is 96.8 cm³/mol. The average molecular weight is 424 g/mol. The molecule has 2 aliphatic carbocycles. The minimum absolute atomic E-state index is 0.136. The largest absolute Gasteiger partial charge is 0.324 e. The van der Waals surface area contributed by atoms with E-state index < -0.39 is 11.9 Å². The van der Waals surface area contributed by atoms with Crippen molar-refractivity contribution in [3.8, 4) is 0 Å². The van der Waals surface area contributed by atoms with E-state index in [9.17, 15) is 14.4 Å². The summed E-state index contributed by atoms with van der Waals surface area (Å²) in [5, 5.41) is 3.19. The molecule has 0 unspecified atom stereocenters. The molecule has 1 saturated heterocycles. The Bertz CT molecular complexity index is 795. The zero-order chi connectivity index (χ0) is 17.9. The second kappa shape index (κ2) is 5.95. The van der Waals surface area contributed by atoms with Gasteiger partial charge in [-0.3, -0.25) is 19.3 Å². The molecule has 1 aromatic rings. The van der Waals surface area contributed by atoms with Crippen LogP contribution in [0.3, 0.4) is 0 Å². The standard InChI is InChI=1S/C18H16BrClN2O3/c1-8(16(23)21-11-4-5-12(19)13(20)7-11)22-17(24)14-9-2-3-10(6-9)15(14)18(22)25/h2-5,7-10,14-15H,6H2,1H3,(H,21,23)/t8-,9+,10+,14+,15+/m1/s1. The van der Waals surface area contributed by atoms with Gasteiger partial charge in [-0.1, -0.05) is 23.8 Å². The molecule has 4 rings (SSSR count). The van der Waals surface area contributed by atoms with E-state index >= 15 is 0 Å². The van der Waals surface area contributed by atoms with Crippen LogP contribution in [0.1, 0.15) is 13.3 Å². The number of fused-ring (bicyclic) bond motifs is 5. The maximum absolute atomic E-state index is 12.7. The highest BCUT2D eigenvalue weighted by molar-refractivity contribution is 9.10. The molecule has 1 saturated carbocycles. The van der Waals surface area contributed by atoms with Crippen LogP contribution < -0.4 is 5.32 Å². The number of imide groups is 1. The highest BCUT2D eigenvalue weighted by Gasteiger charge is 2.60. The smallest absolute Gasteiger partial charge is 0.247 e. The molecule has 1 heterocycles. The molecule has 3 amide bonds. The van der Waals surface area contributed by atoms with E-state index in [-0.39, 0.29) is 35.5 Å². The number of hydrogen-bond acceptors (Lipinski definition) is 3. The Kier molecular flexibility index (Phi) is 4.00. The van der Waals surface area contributed by atoms with E-state index in [1.54, 1.807) is 25.1 Å². The molecule has 130 valence electrons. The van der Waals surface area contributed by atoms with Gasteiger partial charge in [-0.25, -0.2) is 0 Å². The molecule has 0 radical (unpaired) electrons. The van der Waals surface area contributed by atoms with Crippen LogP contribution >= 0.6 is 27.5 Å². The fraction of sp³-hybridized carbons (Fsp3) is 0.389. The van der Waals surface area contributed by atoms with Gasteiger partial charge in [0.05, 0.1) is 16.9 Å². The number of nitrogens with zero attached hydrogens (tertiary/aromatic N) is 1. The molecule has 1 aliphatic heterocycles. The highest BCUT2D eigenvalue weighted by Crippen LogP contribution is 2.52. The molecule has 1 N–H and O–H groups in total. The molecule has 25 heavy (non-hydrogen) atoms. The molecular weight excluding hydrogens is 408 g/mol. The van der Waals surface area contributed by atoms with Crippen LogP contribution in [0, 0.1) is 23.7 Å². The van der Waals surface area contributed by atoms with Gasteiger partial charge in [-0.15, -0.1) is 0 Å². The van der Waals surface area contributed by atoms with Gasteiger partial charge in [-0.05, 0) is 59.3 Å². The SMILES string of the molecule is C[C@H](C(=O)Nc1ccc(Br)c(Cl)c1)N1C(=O)[C@@H]2[C@@H](C1=O)[C@H]1C=C[C@H]2C1. The number of carbonyl (C=O) groups excluding carboxylic acids is 3. The summed E-state index contributed by atoms with van der Waals surface area (Å²) in [7, 11) is 0. The first-order chi connectivity index (χ1) is 11.9. The van der Waals surface area contributed by atoms with Crippen molar-refractivity contribution in [3.05, 3.63) is 39.8 Å². The van der Waals surface area contributed by atoms with E-state index in [0.717, 1.165) is 15.8 Å². The Morgan fingerprint density at radius 3 is 2.40 bits per heavy atom. The Morgan fingerprint density at radius 1 is 1.24 bits per heavy atom. The Hall–Kier alpha value is -1.66. The molecule has 0 spiro atoms. The van der Waals surface area contributed by atoms with Crippen LogP contribution in [0.4, 0.5) is 5.69 Å². The molecule has 2 bridgehead atoms. The Labute approximate surface area is 158 Å². The van der Waals surface area contributed by atoms with Crippen molar-refractivity contribution in [1.29, 1.82) is 0 Å². The maximum Gasteiger partial charge on any atom is 0.247 e. The zero-order valence-electron chi connectivity index (χ0n) is 13.4. The third-order valence-electron chi connectivity index (χ3n) is 5.46. The normalized spacial score (nSPS) is 30.8. The third-order valence-corrected chi connectivity index (χ3v) is 6.69. The first-order valence-electron chi connectivity index (χ1n) is 8.19.